The fourth-order valence-corrected chi connectivity index (χ4v) is 4.57. The first-order valence-electron chi connectivity index (χ1n) is 11.9. The van der Waals surface area contributed by atoms with Crippen molar-refractivity contribution >= 4 is 0 Å². The molecule has 0 aromatic heterocycles. The molecular weight excluding hydrogens is 424 g/mol. The topological polar surface area (TPSA) is 36.9 Å². The molecule has 1 aliphatic carbocycles. The van der Waals surface area contributed by atoms with E-state index < -0.39 is 0 Å². The average Bonchev–Trinajstić information content (AvgIpc) is 2.89. The van der Waals surface area contributed by atoms with Crippen molar-refractivity contribution < 1.29 is 18.9 Å². The molecule has 1 aliphatic rings. The summed E-state index contributed by atoms with van der Waals surface area (Å²) in [6.45, 7) is 16.7. The Morgan fingerprint density at radius 2 is 0.941 bits per heavy atom. The zero-order valence-electron chi connectivity index (χ0n) is 20.1. The highest BCUT2D eigenvalue weighted by molar-refractivity contribution is 5.53. The highest BCUT2D eigenvalue weighted by Crippen LogP contribution is 2.48. The molecule has 1 saturated carbocycles. The van der Waals surface area contributed by atoms with E-state index >= 15 is 0 Å². The summed E-state index contributed by atoms with van der Waals surface area (Å²) >= 11 is 0. The van der Waals surface area contributed by atoms with Gasteiger partial charge < -0.3 is 18.9 Å². The van der Waals surface area contributed by atoms with Crippen LogP contribution in [0.15, 0.2) is 87.0 Å². The van der Waals surface area contributed by atoms with Crippen molar-refractivity contribution in [3.63, 3.8) is 0 Å². The largest absolute Gasteiger partial charge is 0.486 e. The average molecular weight is 461 g/mol. The summed E-state index contributed by atoms with van der Waals surface area (Å²) in [4.78, 5) is 0. The number of rotatable bonds is 14. The lowest BCUT2D eigenvalue weighted by Crippen LogP contribution is -2.30. The van der Waals surface area contributed by atoms with Gasteiger partial charge in [0.05, 0.1) is 0 Å². The molecule has 0 saturated heterocycles. The minimum atomic E-state index is -0.148. The highest BCUT2D eigenvalue weighted by Gasteiger charge is 2.37. The fourth-order valence-electron chi connectivity index (χ4n) is 4.57. The Morgan fingerprint density at radius 3 is 1.32 bits per heavy atom. The van der Waals surface area contributed by atoms with Crippen LogP contribution in [-0.2, 0) is 5.41 Å². The smallest absolute Gasteiger partial charge is 0.161 e. The lowest BCUT2D eigenvalue weighted by Gasteiger charge is -2.39. The molecule has 4 heteroatoms. The third kappa shape index (κ3) is 5.93. The minimum absolute atomic E-state index is 0.148. The number of benzene rings is 2. The van der Waals surface area contributed by atoms with Crippen LogP contribution in [0.5, 0.6) is 23.0 Å². The Hall–Kier alpha value is -3.40. The highest BCUT2D eigenvalue weighted by atomic mass is 16.5. The molecule has 1 fully saturated rings. The van der Waals surface area contributed by atoms with Gasteiger partial charge in [-0.15, -0.1) is 0 Å². The summed E-state index contributed by atoms with van der Waals surface area (Å²) in [5, 5.41) is 0. The predicted molar refractivity (Wildman–Crippen MR) is 140 cm³/mol. The zero-order valence-corrected chi connectivity index (χ0v) is 20.1. The monoisotopic (exact) mass is 460 g/mol. The van der Waals surface area contributed by atoms with E-state index in [4.69, 9.17) is 18.9 Å². The maximum Gasteiger partial charge on any atom is 0.161 e. The molecule has 2 aromatic carbocycles. The third-order valence-corrected chi connectivity index (χ3v) is 6.13. The van der Waals surface area contributed by atoms with E-state index in [1.807, 2.05) is 12.1 Å². The van der Waals surface area contributed by atoms with E-state index in [1.165, 1.54) is 17.5 Å². The van der Waals surface area contributed by atoms with Crippen molar-refractivity contribution in [3.8, 4) is 23.0 Å². The summed E-state index contributed by atoms with van der Waals surface area (Å²) in [6, 6.07) is 12.6. The summed E-state index contributed by atoms with van der Waals surface area (Å²) in [5.74, 6) is 2.86. The summed E-state index contributed by atoms with van der Waals surface area (Å²) in [7, 11) is 0. The molecule has 0 radical (unpaired) electrons. The number of hydrogen-bond acceptors (Lipinski definition) is 4. The normalized spacial score (nSPS) is 14.5. The molecule has 0 heterocycles. The molecule has 2 aromatic rings. The number of ether oxygens (including phenoxy) is 4. The third-order valence-electron chi connectivity index (χ3n) is 6.13. The van der Waals surface area contributed by atoms with Crippen LogP contribution in [-0.4, -0.2) is 26.4 Å². The van der Waals surface area contributed by atoms with E-state index in [0.29, 0.717) is 37.9 Å². The first kappa shape index (κ1) is 25.2. The molecule has 0 N–H and O–H groups in total. The van der Waals surface area contributed by atoms with Gasteiger partial charge in [-0.3, -0.25) is 0 Å². The molecule has 3 rings (SSSR count). The molecule has 0 bridgehead atoms. The van der Waals surface area contributed by atoms with Gasteiger partial charge in [0.2, 0.25) is 0 Å². The van der Waals surface area contributed by atoms with Crippen LogP contribution in [0.4, 0.5) is 0 Å². The molecule has 4 nitrogen and oxygen atoms in total. The van der Waals surface area contributed by atoms with E-state index in [-0.39, 0.29) is 5.41 Å². The van der Waals surface area contributed by atoms with Gasteiger partial charge in [-0.2, -0.15) is 0 Å². The quantitative estimate of drug-likeness (QED) is 0.279. The predicted octanol–water partition coefficient (Wildman–Crippen LogP) is 7.20. The lowest BCUT2D eigenvalue weighted by molar-refractivity contribution is 0.300. The van der Waals surface area contributed by atoms with Crippen LogP contribution in [0.1, 0.15) is 43.2 Å². The van der Waals surface area contributed by atoms with Crippen molar-refractivity contribution in [1.29, 1.82) is 0 Å². The number of hydrogen-bond donors (Lipinski definition) is 0. The van der Waals surface area contributed by atoms with Gasteiger partial charge in [0.15, 0.2) is 23.0 Å². The van der Waals surface area contributed by atoms with Gasteiger partial charge >= 0.3 is 0 Å². The van der Waals surface area contributed by atoms with Crippen LogP contribution in [0.25, 0.3) is 0 Å². The molecule has 34 heavy (non-hydrogen) atoms. The molecule has 0 amide bonds. The Morgan fingerprint density at radius 1 is 0.559 bits per heavy atom. The van der Waals surface area contributed by atoms with E-state index in [0.717, 1.165) is 37.2 Å². The first-order chi connectivity index (χ1) is 16.7. The molecule has 180 valence electrons. The molecular formula is C30H36O4. The van der Waals surface area contributed by atoms with Crippen molar-refractivity contribution in [2.45, 2.75) is 37.5 Å². The molecule has 0 aliphatic heterocycles. The van der Waals surface area contributed by atoms with Crippen molar-refractivity contribution in [2.24, 2.45) is 0 Å². The zero-order chi connectivity index (χ0) is 24.2. The summed E-state index contributed by atoms with van der Waals surface area (Å²) < 4.78 is 23.7. The van der Waals surface area contributed by atoms with Gasteiger partial charge in [-0.05, 0) is 48.2 Å². The molecule has 0 atom stereocenters. The van der Waals surface area contributed by atoms with E-state index in [2.05, 4.69) is 50.6 Å². The van der Waals surface area contributed by atoms with Gasteiger partial charge in [0.1, 0.15) is 26.4 Å². The van der Waals surface area contributed by atoms with E-state index in [9.17, 15) is 0 Å². The summed E-state index contributed by atoms with van der Waals surface area (Å²) in [6.07, 6.45) is 12.6. The second-order valence-corrected chi connectivity index (χ2v) is 8.36. The standard InChI is InChI=1S/C30H36O4/c1-5-18-31-26-14-12-24(22-28(26)33-20-7-3)30(16-10-9-11-17-30)25-13-15-27(32-19-6-2)29(23-25)34-21-8-4/h5-8,12-15,22-23H,1-4,9-11,16-21H2. The van der Waals surface area contributed by atoms with Crippen LogP contribution in [0, 0.1) is 0 Å². The van der Waals surface area contributed by atoms with Gasteiger partial charge in [-0.25, -0.2) is 0 Å². The molecule has 0 unspecified atom stereocenters. The first-order valence-corrected chi connectivity index (χ1v) is 11.9. The van der Waals surface area contributed by atoms with Crippen molar-refractivity contribution in [1.82, 2.24) is 0 Å². The van der Waals surface area contributed by atoms with Gasteiger partial charge in [0.25, 0.3) is 0 Å². The van der Waals surface area contributed by atoms with E-state index in [1.54, 1.807) is 24.3 Å². The second-order valence-electron chi connectivity index (χ2n) is 8.36. The van der Waals surface area contributed by atoms with Crippen LogP contribution in [0.2, 0.25) is 0 Å². The van der Waals surface area contributed by atoms with Gasteiger partial charge in [0, 0.05) is 5.41 Å². The van der Waals surface area contributed by atoms with Crippen molar-refractivity contribution in [3.05, 3.63) is 98.1 Å². The molecule has 0 spiro atoms. The van der Waals surface area contributed by atoms with Crippen LogP contribution in [0.3, 0.4) is 0 Å². The Balaban J connectivity index is 2.07. The Bertz CT molecular complexity index is 912. The van der Waals surface area contributed by atoms with Crippen LogP contribution < -0.4 is 18.9 Å². The summed E-state index contributed by atoms with van der Waals surface area (Å²) in [5.41, 5.74) is 2.28. The fraction of sp³-hybridized carbons (Fsp3) is 0.333. The lowest BCUT2D eigenvalue weighted by atomic mass is 9.65. The van der Waals surface area contributed by atoms with Crippen LogP contribution >= 0.6 is 0 Å². The minimum Gasteiger partial charge on any atom is -0.486 e. The van der Waals surface area contributed by atoms with Gasteiger partial charge in [-0.1, -0.05) is 82.0 Å². The Labute approximate surface area is 204 Å². The maximum atomic E-state index is 5.99. The maximum absolute atomic E-state index is 5.99. The second kappa shape index (κ2) is 12.7. The SMILES string of the molecule is C=CCOc1ccc(C2(c3ccc(OCC=C)c(OCC=C)c3)CCCCC2)cc1OCC=C. The van der Waals surface area contributed by atoms with Crippen molar-refractivity contribution in [2.75, 3.05) is 26.4 Å². The Kier molecular flexibility index (Phi) is 9.45.